The van der Waals surface area contributed by atoms with Gasteiger partial charge >= 0.3 is 29.7 Å². The fraction of sp³-hybridized carbons (Fsp3) is 0.750. The van der Waals surface area contributed by atoms with E-state index in [9.17, 15) is 24.0 Å². The molecule has 0 bridgehead atoms. The van der Waals surface area contributed by atoms with Crippen molar-refractivity contribution in [2.75, 3.05) is 20.3 Å². The van der Waals surface area contributed by atoms with Gasteiger partial charge in [-0.25, -0.2) is 9.18 Å². The molecule has 0 saturated carbocycles. The van der Waals surface area contributed by atoms with Crippen LogP contribution in [-0.4, -0.2) is 92.5 Å². The van der Waals surface area contributed by atoms with Crippen molar-refractivity contribution in [2.45, 2.75) is 77.0 Å². The van der Waals surface area contributed by atoms with Crippen molar-refractivity contribution in [3.05, 3.63) is 0 Å². The van der Waals surface area contributed by atoms with Crippen LogP contribution in [0.4, 0.5) is 8.78 Å². The largest absolute Gasteiger partial charge is 0.465 e. The van der Waals surface area contributed by atoms with Crippen LogP contribution in [0.25, 0.3) is 0 Å². The highest BCUT2D eigenvalue weighted by Gasteiger charge is 2.64. The molecule has 12 nitrogen and oxygen atoms in total. The molecule has 0 aromatic rings. The van der Waals surface area contributed by atoms with Gasteiger partial charge in [0.25, 0.3) is 0 Å². The first-order valence-corrected chi connectivity index (χ1v) is 10.4. The number of ether oxygens (including phenoxy) is 5. The summed E-state index contributed by atoms with van der Waals surface area (Å²) in [5.41, 5.74) is 0. The highest BCUT2D eigenvalue weighted by molar-refractivity contribution is 5.79. The van der Waals surface area contributed by atoms with Crippen LogP contribution in [0.3, 0.4) is 0 Å². The summed E-state index contributed by atoms with van der Waals surface area (Å²) in [5, 5.41) is 5.03. The number of amides is 1. The van der Waals surface area contributed by atoms with Crippen molar-refractivity contribution in [3.63, 3.8) is 0 Å². The van der Waals surface area contributed by atoms with Crippen LogP contribution in [0.1, 0.15) is 34.6 Å². The fourth-order valence-corrected chi connectivity index (χ4v) is 3.55. The first-order chi connectivity index (χ1) is 15.8. The van der Waals surface area contributed by atoms with Crippen molar-refractivity contribution >= 4 is 29.8 Å². The minimum absolute atomic E-state index is 0.0736. The van der Waals surface area contributed by atoms with E-state index in [4.69, 9.17) is 18.9 Å². The smallest absolute Gasteiger partial charge is 0.375 e. The fourth-order valence-electron chi connectivity index (χ4n) is 3.55. The summed E-state index contributed by atoms with van der Waals surface area (Å²) in [7, 11) is 0.808. The Kier molecular flexibility index (Phi) is 10.8. The second-order valence-electron chi connectivity index (χ2n) is 7.46. The number of esters is 4. The lowest BCUT2D eigenvalue weighted by Gasteiger charge is -2.48. The topological polar surface area (TPSA) is 156 Å². The normalized spacial score (nSPS) is 28.1. The lowest BCUT2D eigenvalue weighted by atomic mass is 9.85. The molecule has 1 aliphatic rings. The van der Waals surface area contributed by atoms with Crippen LogP contribution < -0.4 is 10.6 Å². The van der Waals surface area contributed by atoms with E-state index in [0.717, 1.165) is 34.8 Å². The Morgan fingerprint density at radius 3 is 2.03 bits per heavy atom. The second kappa shape index (κ2) is 12.6. The maximum atomic E-state index is 15.7. The number of likely N-dealkylation sites (N-methyl/N-ethyl adjacent to an activating group) is 1. The highest BCUT2D eigenvalue weighted by Crippen LogP contribution is 2.37. The molecule has 1 rings (SSSR count). The van der Waals surface area contributed by atoms with Crippen molar-refractivity contribution in [3.8, 4) is 0 Å². The lowest BCUT2D eigenvalue weighted by Crippen LogP contribution is -2.74. The van der Waals surface area contributed by atoms with Crippen LogP contribution in [0.2, 0.25) is 0 Å². The minimum Gasteiger partial charge on any atom is -0.465 e. The molecule has 1 saturated heterocycles. The average Bonchev–Trinajstić information content (AvgIpc) is 2.73. The number of carbonyl (C=O) groups excluding carboxylic acids is 5. The Morgan fingerprint density at radius 2 is 1.59 bits per heavy atom. The van der Waals surface area contributed by atoms with Crippen LogP contribution in [0, 0.1) is 0 Å². The van der Waals surface area contributed by atoms with E-state index < -0.39 is 78.8 Å². The van der Waals surface area contributed by atoms with Crippen molar-refractivity contribution < 1.29 is 56.4 Å². The number of hydrogen-bond acceptors (Lipinski definition) is 11. The number of hydrogen-bond donors (Lipinski definition) is 2. The molecule has 0 radical (unpaired) electrons. The summed E-state index contributed by atoms with van der Waals surface area (Å²) < 4.78 is 55.7. The summed E-state index contributed by atoms with van der Waals surface area (Å²) in [6.07, 6.45) is -7.82. The molecule has 0 aliphatic carbocycles. The molecule has 1 heterocycles. The van der Waals surface area contributed by atoms with E-state index in [1.165, 1.54) is 0 Å². The van der Waals surface area contributed by atoms with Gasteiger partial charge in [-0.05, 0) is 6.54 Å². The summed E-state index contributed by atoms with van der Waals surface area (Å²) >= 11 is 0. The van der Waals surface area contributed by atoms with Gasteiger partial charge in [-0.2, -0.15) is 4.39 Å². The first-order valence-electron chi connectivity index (χ1n) is 10.4. The third-order valence-electron chi connectivity index (χ3n) is 4.75. The van der Waals surface area contributed by atoms with Gasteiger partial charge in [0.05, 0.1) is 19.2 Å². The number of halogens is 2. The molecule has 0 aromatic carbocycles. The predicted molar refractivity (Wildman–Crippen MR) is 108 cm³/mol. The Hall–Kier alpha value is -2.87. The van der Waals surface area contributed by atoms with Gasteiger partial charge in [-0.1, -0.05) is 6.92 Å². The molecule has 1 aliphatic heterocycles. The molecule has 194 valence electrons. The van der Waals surface area contributed by atoms with Crippen molar-refractivity contribution in [1.82, 2.24) is 10.6 Å². The number of rotatable bonds is 10. The standard InChI is InChI=1S/C20H30F2N2O10/c1-7-23-15-14(24-9(2)25)17(34-20(22,18(15)21)19(29)30-6)16(33-12(5)28)13(32-11(4)27)8-31-10(3)26/h13-18,23H,7-8H2,1-6H3,(H,24,25)/t13-,14?,15?,16-,17?,18?,20-/m1/s1. The molecule has 1 fully saturated rings. The molecule has 34 heavy (non-hydrogen) atoms. The molecular formula is C20H30F2N2O10. The van der Waals surface area contributed by atoms with E-state index in [1.807, 2.05) is 0 Å². The molecule has 1 amide bonds. The van der Waals surface area contributed by atoms with Gasteiger partial charge in [-0.3, -0.25) is 19.2 Å². The van der Waals surface area contributed by atoms with E-state index >= 15 is 8.78 Å². The summed E-state index contributed by atoms with van der Waals surface area (Å²) in [5.74, 6) is -8.75. The van der Waals surface area contributed by atoms with E-state index in [2.05, 4.69) is 15.4 Å². The van der Waals surface area contributed by atoms with Gasteiger partial charge in [0.1, 0.15) is 12.7 Å². The third-order valence-corrected chi connectivity index (χ3v) is 4.75. The third kappa shape index (κ3) is 7.32. The second-order valence-corrected chi connectivity index (χ2v) is 7.46. The molecule has 2 N–H and O–H groups in total. The molecule has 7 atom stereocenters. The number of alkyl halides is 2. The Morgan fingerprint density at radius 1 is 1.00 bits per heavy atom. The van der Waals surface area contributed by atoms with Crippen LogP contribution in [0.5, 0.6) is 0 Å². The molecule has 4 unspecified atom stereocenters. The maximum Gasteiger partial charge on any atom is 0.375 e. The van der Waals surface area contributed by atoms with Gasteiger partial charge in [0.2, 0.25) is 5.91 Å². The SMILES string of the molecule is CCNC1C(NC(C)=O)C([C@H](OC(C)=O)[C@@H](COC(C)=O)OC(C)=O)O[C@@](F)(C(=O)OC)C1F. The van der Waals surface area contributed by atoms with Gasteiger partial charge < -0.3 is 34.3 Å². The Labute approximate surface area is 194 Å². The van der Waals surface area contributed by atoms with Gasteiger partial charge in [-0.15, -0.1) is 0 Å². The van der Waals surface area contributed by atoms with Gasteiger partial charge in [0.15, 0.2) is 18.4 Å². The van der Waals surface area contributed by atoms with Crippen molar-refractivity contribution in [1.29, 1.82) is 0 Å². The summed E-state index contributed by atoms with van der Waals surface area (Å²) in [6.45, 7) is 5.10. The maximum absolute atomic E-state index is 15.7. The Balaban J connectivity index is 3.68. The van der Waals surface area contributed by atoms with E-state index in [-0.39, 0.29) is 6.54 Å². The highest BCUT2D eigenvalue weighted by atomic mass is 19.2. The summed E-state index contributed by atoms with van der Waals surface area (Å²) in [4.78, 5) is 59.0. The summed E-state index contributed by atoms with van der Waals surface area (Å²) in [6, 6.07) is -3.03. The zero-order chi connectivity index (χ0) is 26.2. The van der Waals surface area contributed by atoms with Crippen LogP contribution in [-0.2, 0) is 47.7 Å². The number of nitrogens with one attached hydrogen (secondary N) is 2. The zero-order valence-corrected chi connectivity index (χ0v) is 19.7. The number of carbonyl (C=O) groups is 5. The van der Waals surface area contributed by atoms with Gasteiger partial charge in [0, 0.05) is 27.7 Å². The minimum atomic E-state index is -3.69. The molecule has 0 spiro atoms. The molecule has 0 aromatic heterocycles. The first kappa shape index (κ1) is 29.2. The van der Waals surface area contributed by atoms with E-state index in [0.29, 0.717) is 0 Å². The zero-order valence-electron chi connectivity index (χ0n) is 19.7. The Bertz CT molecular complexity index is 782. The van der Waals surface area contributed by atoms with Crippen molar-refractivity contribution in [2.24, 2.45) is 0 Å². The quantitative estimate of drug-likeness (QED) is 0.296. The predicted octanol–water partition coefficient (Wildman–Crippen LogP) is -0.529. The lowest BCUT2D eigenvalue weighted by molar-refractivity contribution is -0.282. The molecular weight excluding hydrogens is 466 g/mol. The number of methoxy groups -OCH3 is 1. The van der Waals surface area contributed by atoms with E-state index in [1.54, 1.807) is 6.92 Å². The van der Waals surface area contributed by atoms with Crippen LogP contribution >= 0.6 is 0 Å². The average molecular weight is 496 g/mol. The van der Waals surface area contributed by atoms with Crippen LogP contribution in [0.15, 0.2) is 0 Å². The molecule has 14 heteroatoms. The monoisotopic (exact) mass is 496 g/mol.